The van der Waals surface area contributed by atoms with Crippen LogP contribution in [0.15, 0.2) is 40.5 Å². The zero-order chi connectivity index (χ0) is 17.1. The lowest BCUT2D eigenvalue weighted by Gasteiger charge is -2.07. The first kappa shape index (κ1) is 16.7. The van der Waals surface area contributed by atoms with Crippen molar-refractivity contribution in [2.45, 2.75) is 26.8 Å². The Labute approximate surface area is 145 Å². The molecule has 1 aromatic carbocycles. The number of hydrogen-bond acceptors (Lipinski definition) is 4. The molecule has 2 aromatic heterocycles. The average molecular weight is 342 g/mol. The number of para-hydroxylation sites is 1. The van der Waals surface area contributed by atoms with Gasteiger partial charge in [-0.05, 0) is 26.0 Å². The van der Waals surface area contributed by atoms with Crippen LogP contribution in [0.3, 0.4) is 0 Å². The lowest BCUT2D eigenvalue weighted by atomic mass is 10.2. The first-order chi connectivity index (χ1) is 11.6. The van der Waals surface area contributed by atoms with E-state index in [4.69, 9.17) is 0 Å². The second-order valence-electron chi connectivity index (χ2n) is 5.85. The summed E-state index contributed by atoms with van der Waals surface area (Å²) in [4.78, 5) is 17.2. The Kier molecular flexibility index (Phi) is 4.97. The van der Waals surface area contributed by atoms with Crippen molar-refractivity contribution in [3.63, 3.8) is 0 Å². The van der Waals surface area contributed by atoms with E-state index in [1.807, 2.05) is 55.9 Å². The molecular weight excluding hydrogens is 320 g/mol. The summed E-state index contributed by atoms with van der Waals surface area (Å²) in [5.41, 5.74) is 3.80. The Hall–Kier alpha value is -2.18. The summed E-state index contributed by atoms with van der Waals surface area (Å²) in [6.45, 7) is 5.38. The maximum Gasteiger partial charge on any atom is 0.276 e. The Morgan fingerprint density at radius 2 is 1.96 bits per heavy atom. The molecule has 0 saturated carbocycles. The number of nitrogens with zero attached hydrogens (tertiary/aromatic N) is 3. The van der Waals surface area contributed by atoms with Gasteiger partial charge in [0.2, 0.25) is 0 Å². The van der Waals surface area contributed by atoms with Gasteiger partial charge < -0.3 is 5.32 Å². The van der Waals surface area contributed by atoms with Crippen LogP contribution in [0.5, 0.6) is 0 Å². The van der Waals surface area contributed by atoms with Crippen molar-refractivity contribution in [2.75, 3.05) is 6.54 Å². The van der Waals surface area contributed by atoms with Crippen LogP contribution < -0.4 is 10.9 Å². The van der Waals surface area contributed by atoms with Crippen LogP contribution in [-0.2, 0) is 20.0 Å². The van der Waals surface area contributed by atoms with Crippen molar-refractivity contribution < 1.29 is 0 Å². The van der Waals surface area contributed by atoms with Gasteiger partial charge in [-0.25, -0.2) is 9.67 Å². The molecule has 0 saturated heterocycles. The number of rotatable bonds is 6. The molecule has 0 spiro atoms. The minimum Gasteiger partial charge on any atom is -0.312 e. The van der Waals surface area contributed by atoms with Crippen molar-refractivity contribution in [1.82, 2.24) is 19.7 Å². The van der Waals surface area contributed by atoms with E-state index < -0.39 is 0 Å². The molecule has 0 aliphatic carbocycles. The molecule has 3 rings (SSSR count). The van der Waals surface area contributed by atoms with Crippen molar-refractivity contribution in [1.29, 1.82) is 0 Å². The third-order valence-corrected chi connectivity index (χ3v) is 5.18. The molecule has 0 bridgehead atoms. The predicted molar refractivity (Wildman–Crippen MR) is 98.0 cm³/mol. The second kappa shape index (κ2) is 7.15. The van der Waals surface area contributed by atoms with Gasteiger partial charge in [-0.3, -0.25) is 9.48 Å². The van der Waals surface area contributed by atoms with Crippen LogP contribution in [-0.4, -0.2) is 20.9 Å². The van der Waals surface area contributed by atoms with Gasteiger partial charge in [0, 0.05) is 43.3 Å². The summed E-state index contributed by atoms with van der Waals surface area (Å²) < 4.78 is 3.63. The van der Waals surface area contributed by atoms with Gasteiger partial charge in [0.15, 0.2) is 0 Å². The minimum absolute atomic E-state index is 0.0405. The SMILES string of the molecule is Cc1csc(CCNCc2c(C)n(C)n(-c3ccccc3)c2=O)n1. The van der Waals surface area contributed by atoms with E-state index in [2.05, 4.69) is 15.7 Å². The minimum atomic E-state index is 0.0405. The maximum atomic E-state index is 12.8. The van der Waals surface area contributed by atoms with Crippen LogP contribution in [0, 0.1) is 13.8 Å². The van der Waals surface area contributed by atoms with E-state index in [1.54, 1.807) is 16.0 Å². The van der Waals surface area contributed by atoms with Crippen LogP contribution in [0.25, 0.3) is 5.69 Å². The Balaban J connectivity index is 1.71. The van der Waals surface area contributed by atoms with E-state index in [1.165, 1.54) is 0 Å². The summed E-state index contributed by atoms with van der Waals surface area (Å²) in [6.07, 6.45) is 0.886. The highest BCUT2D eigenvalue weighted by atomic mass is 32.1. The molecule has 1 N–H and O–H groups in total. The molecule has 0 fully saturated rings. The molecule has 2 heterocycles. The van der Waals surface area contributed by atoms with Crippen LogP contribution in [0.1, 0.15) is 22.0 Å². The first-order valence-electron chi connectivity index (χ1n) is 8.02. The molecule has 5 nitrogen and oxygen atoms in total. The summed E-state index contributed by atoms with van der Waals surface area (Å²) >= 11 is 1.68. The lowest BCUT2D eigenvalue weighted by Crippen LogP contribution is -2.24. The molecule has 6 heteroatoms. The molecule has 3 aromatic rings. The molecule has 0 atom stereocenters. The fraction of sp³-hybridized carbons (Fsp3) is 0.333. The predicted octanol–water partition coefficient (Wildman–Crippen LogP) is 2.58. The molecule has 24 heavy (non-hydrogen) atoms. The summed E-state index contributed by atoms with van der Waals surface area (Å²) in [6, 6.07) is 9.73. The number of nitrogens with one attached hydrogen (secondary N) is 1. The largest absolute Gasteiger partial charge is 0.312 e. The number of benzene rings is 1. The van der Waals surface area contributed by atoms with Gasteiger partial charge >= 0.3 is 0 Å². The first-order valence-corrected chi connectivity index (χ1v) is 8.90. The Morgan fingerprint density at radius 3 is 2.62 bits per heavy atom. The fourth-order valence-corrected chi connectivity index (χ4v) is 3.53. The van der Waals surface area contributed by atoms with E-state index >= 15 is 0 Å². The van der Waals surface area contributed by atoms with Crippen LogP contribution in [0.4, 0.5) is 0 Å². The van der Waals surface area contributed by atoms with Gasteiger partial charge in [-0.2, -0.15) is 0 Å². The molecule has 0 unspecified atom stereocenters. The topological polar surface area (TPSA) is 51.9 Å². The number of aromatic nitrogens is 3. The molecule has 0 aliphatic heterocycles. The monoisotopic (exact) mass is 342 g/mol. The third-order valence-electron chi connectivity index (χ3n) is 4.16. The lowest BCUT2D eigenvalue weighted by molar-refractivity contribution is 0.629. The second-order valence-corrected chi connectivity index (χ2v) is 6.79. The molecule has 0 aliphatic rings. The molecular formula is C18H22N4OS. The van der Waals surface area contributed by atoms with Gasteiger partial charge in [0.05, 0.1) is 16.3 Å². The summed E-state index contributed by atoms with van der Waals surface area (Å²) in [7, 11) is 1.92. The van der Waals surface area contributed by atoms with Crippen LogP contribution in [0.2, 0.25) is 0 Å². The molecule has 0 radical (unpaired) electrons. The van der Waals surface area contributed by atoms with Crippen molar-refractivity contribution >= 4 is 11.3 Å². The highest BCUT2D eigenvalue weighted by Crippen LogP contribution is 2.11. The summed E-state index contributed by atoms with van der Waals surface area (Å²) in [5.74, 6) is 0. The standard InChI is InChI=1S/C18H22N4OS/c1-13-12-24-17(20-13)9-10-19-11-16-14(2)21(3)22(18(16)23)15-7-5-4-6-8-15/h4-8,12,19H,9-11H2,1-3H3. The zero-order valence-electron chi connectivity index (χ0n) is 14.2. The zero-order valence-corrected chi connectivity index (χ0v) is 15.1. The third kappa shape index (κ3) is 3.34. The van der Waals surface area contributed by atoms with Crippen molar-refractivity contribution in [2.24, 2.45) is 7.05 Å². The number of thiazole rings is 1. The van der Waals surface area contributed by atoms with Gasteiger partial charge in [-0.1, -0.05) is 18.2 Å². The average Bonchev–Trinajstić information content (AvgIpc) is 3.08. The Bertz CT molecular complexity index is 876. The van der Waals surface area contributed by atoms with E-state index in [0.29, 0.717) is 6.54 Å². The normalized spacial score (nSPS) is 11.1. The van der Waals surface area contributed by atoms with E-state index in [9.17, 15) is 4.79 Å². The van der Waals surface area contributed by atoms with E-state index in [-0.39, 0.29) is 5.56 Å². The quantitative estimate of drug-likeness (QED) is 0.701. The fourth-order valence-electron chi connectivity index (χ4n) is 2.75. The number of aryl methyl sites for hydroxylation is 1. The van der Waals surface area contributed by atoms with Crippen molar-refractivity contribution in [3.05, 3.63) is 68.0 Å². The van der Waals surface area contributed by atoms with Gasteiger partial charge in [0.1, 0.15) is 0 Å². The van der Waals surface area contributed by atoms with Gasteiger partial charge in [0.25, 0.3) is 5.56 Å². The molecule has 0 amide bonds. The number of hydrogen-bond donors (Lipinski definition) is 1. The van der Waals surface area contributed by atoms with Crippen LogP contribution >= 0.6 is 11.3 Å². The van der Waals surface area contributed by atoms with E-state index in [0.717, 1.165) is 40.6 Å². The molecule has 126 valence electrons. The smallest absolute Gasteiger partial charge is 0.276 e. The maximum absolute atomic E-state index is 12.8. The highest BCUT2D eigenvalue weighted by molar-refractivity contribution is 7.09. The Morgan fingerprint density at radius 1 is 1.21 bits per heavy atom. The van der Waals surface area contributed by atoms with Gasteiger partial charge in [-0.15, -0.1) is 11.3 Å². The summed E-state index contributed by atoms with van der Waals surface area (Å²) in [5, 5.41) is 6.57. The highest BCUT2D eigenvalue weighted by Gasteiger charge is 2.15. The van der Waals surface area contributed by atoms with Crippen molar-refractivity contribution in [3.8, 4) is 5.69 Å².